The molecule has 5 heteroatoms. The second kappa shape index (κ2) is 7.29. The highest BCUT2D eigenvalue weighted by Gasteiger charge is 2.15. The SMILES string of the molecule is O=C(CNc1ccc(Br)cc1Br)NC1CCCCC1. The summed E-state index contributed by atoms with van der Waals surface area (Å²) in [6.07, 6.45) is 6.01. The van der Waals surface area contributed by atoms with E-state index in [1.807, 2.05) is 18.2 Å². The molecule has 0 atom stereocenters. The first-order valence-corrected chi connectivity index (χ1v) is 8.22. The van der Waals surface area contributed by atoms with E-state index in [4.69, 9.17) is 0 Å². The molecule has 19 heavy (non-hydrogen) atoms. The van der Waals surface area contributed by atoms with Crippen molar-refractivity contribution in [3.05, 3.63) is 27.1 Å². The maximum atomic E-state index is 11.9. The largest absolute Gasteiger partial charge is 0.375 e. The molecule has 1 fully saturated rings. The van der Waals surface area contributed by atoms with Gasteiger partial charge in [0.25, 0.3) is 0 Å². The molecule has 0 bridgehead atoms. The van der Waals surface area contributed by atoms with Crippen LogP contribution in [-0.4, -0.2) is 18.5 Å². The van der Waals surface area contributed by atoms with Crippen molar-refractivity contribution in [2.75, 3.05) is 11.9 Å². The third-order valence-electron chi connectivity index (χ3n) is 3.34. The maximum Gasteiger partial charge on any atom is 0.239 e. The summed E-state index contributed by atoms with van der Waals surface area (Å²) in [5, 5.41) is 6.24. The lowest BCUT2D eigenvalue weighted by atomic mass is 9.95. The lowest BCUT2D eigenvalue weighted by Gasteiger charge is -2.23. The van der Waals surface area contributed by atoms with Crippen molar-refractivity contribution in [1.29, 1.82) is 0 Å². The molecule has 1 aliphatic rings. The van der Waals surface area contributed by atoms with Crippen LogP contribution in [0.25, 0.3) is 0 Å². The number of carbonyl (C=O) groups excluding carboxylic acids is 1. The van der Waals surface area contributed by atoms with Crippen LogP contribution in [0.3, 0.4) is 0 Å². The molecular formula is C14H18Br2N2O. The van der Waals surface area contributed by atoms with Crippen molar-refractivity contribution in [3.8, 4) is 0 Å². The van der Waals surface area contributed by atoms with Crippen molar-refractivity contribution < 1.29 is 4.79 Å². The van der Waals surface area contributed by atoms with E-state index in [0.717, 1.165) is 27.5 Å². The minimum atomic E-state index is 0.0710. The zero-order valence-corrected chi connectivity index (χ0v) is 13.9. The van der Waals surface area contributed by atoms with Gasteiger partial charge in [0.2, 0.25) is 5.91 Å². The lowest BCUT2D eigenvalue weighted by molar-refractivity contribution is -0.120. The fourth-order valence-electron chi connectivity index (χ4n) is 2.33. The number of anilines is 1. The molecule has 1 aliphatic carbocycles. The molecule has 0 heterocycles. The number of rotatable bonds is 4. The van der Waals surface area contributed by atoms with Crippen LogP contribution in [-0.2, 0) is 4.79 Å². The first-order valence-electron chi connectivity index (χ1n) is 6.63. The van der Waals surface area contributed by atoms with Gasteiger partial charge >= 0.3 is 0 Å². The molecule has 3 nitrogen and oxygen atoms in total. The van der Waals surface area contributed by atoms with E-state index in [9.17, 15) is 4.79 Å². The number of hydrogen-bond donors (Lipinski definition) is 2. The summed E-state index contributed by atoms with van der Waals surface area (Å²) in [4.78, 5) is 11.9. The molecule has 0 saturated heterocycles. The first-order chi connectivity index (χ1) is 9.15. The predicted octanol–water partition coefficient (Wildman–Crippen LogP) is 4.07. The molecule has 0 unspecified atom stereocenters. The summed E-state index contributed by atoms with van der Waals surface area (Å²) in [6.45, 7) is 0.316. The van der Waals surface area contributed by atoms with E-state index >= 15 is 0 Å². The third kappa shape index (κ3) is 4.80. The van der Waals surface area contributed by atoms with E-state index in [-0.39, 0.29) is 5.91 Å². The second-order valence-corrected chi connectivity index (χ2v) is 6.65. The molecule has 1 amide bonds. The van der Waals surface area contributed by atoms with Gasteiger partial charge in [-0.25, -0.2) is 0 Å². The van der Waals surface area contributed by atoms with Gasteiger partial charge in [-0.05, 0) is 47.0 Å². The number of nitrogens with one attached hydrogen (secondary N) is 2. The van der Waals surface area contributed by atoms with Gasteiger partial charge in [-0.15, -0.1) is 0 Å². The van der Waals surface area contributed by atoms with Crippen molar-refractivity contribution in [1.82, 2.24) is 5.32 Å². The summed E-state index contributed by atoms with van der Waals surface area (Å²) in [6, 6.07) is 6.23. The van der Waals surface area contributed by atoms with Crippen molar-refractivity contribution in [2.24, 2.45) is 0 Å². The summed E-state index contributed by atoms with van der Waals surface area (Å²) >= 11 is 6.88. The number of amides is 1. The van der Waals surface area contributed by atoms with E-state index in [2.05, 4.69) is 42.5 Å². The van der Waals surface area contributed by atoms with E-state index in [1.165, 1.54) is 19.3 Å². The van der Waals surface area contributed by atoms with Crippen LogP contribution in [0.1, 0.15) is 32.1 Å². The van der Waals surface area contributed by atoms with Gasteiger partial charge in [-0.2, -0.15) is 0 Å². The van der Waals surface area contributed by atoms with Crippen molar-refractivity contribution in [2.45, 2.75) is 38.1 Å². The summed E-state index contributed by atoms with van der Waals surface area (Å²) in [5.41, 5.74) is 0.932. The van der Waals surface area contributed by atoms with Crippen LogP contribution in [0.4, 0.5) is 5.69 Å². The van der Waals surface area contributed by atoms with E-state index < -0.39 is 0 Å². The molecule has 1 aromatic rings. The van der Waals surface area contributed by atoms with E-state index in [1.54, 1.807) is 0 Å². The molecular weight excluding hydrogens is 372 g/mol. The molecule has 0 aromatic heterocycles. The zero-order chi connectivity index (χ0) is 13.7. The molecule has 0 spiro atoms. The van der Waals surface area contributed by atoms with Crippen LogP contribution in [0.2, 0.25) is 0 Å². The van der Waals surface area contributed by atoms with Gasteiger partial charge < -0.3 is 10.6 Å². The highest BCUT2D eigenvalue weighted by atomic mass is 79.9. The fourth-order valence-corrected chi connectivity index (χ4v) is 3.52. The normalized spacial score (nSPS) is 16.1. The number of carbonyl (C=O) groups is 1. The van der Waals surface area contributed by atoms with Crippen molar-refractivity contribution in [3.63, 3.8) is 0 Å². The Labute approximate surface area is 130 Å². The Kier molecular flexibility index (Phi) is 5.70. The number of halogens is 2. The highest BCUT2D eigenvalue weighted by Crippen LogP contribution is 2.25. The standard InChI is InChI=1S/C14H18Br2N2O/c15-10-6-7-13(12(16)8-10)17-9-14(19)18-11-4-2-1-3-5-11/h6-8,11,17H,1-5,9H2,(H,18,19). The Balaban J connectivity index is 1.79. The van der Waals surface area contributed by atoms with Crippen molar-refractivity contribution >= 4 is 43.5 Å². The lowest BCUT2D eigenvalue weighted by Crippen LogP contribution is -2.39. The minimum absolute atomic E-state index is 0.0710. The monoisotopic (exact) mass is 388 g/mol. The molecule has 1 aromatic carbocycles. The average molecular weight is 390 g/mol. The second-order valence-electron chi connectivity index (χ2n) is 4.88. The average Bonchev–Trinajstić information content (AvgIpc) is 2.39. The molecule has 2 N–H and O–H groups in total. The van der Waals surface area contributed by atoms with Crippen LogP contribution in [0, 0.1) is 0 Å². The minimum Gasteiger partial charge on any atom is -0.375 e. The van der Waals surface area contributed by atoms with Crippen LogP contribution >= 0.6 is 31.9 Å². The van der Waals surface area contributed by atoms with Crippen LogP contribution in [0.5, 0.6) is 0 Å². The van der Waals surface area contributed by atoms with Crippen LogP contribution in [0.15, 0.2) is 27.1 Å². The molecule has 104 valence electrons. The van der Waals surface area contributed by atoms with Gasteiger partial charge in [-0.1, -0.05) is 35.2 Å². The van der Waals surface area contributed by atoms with Gasteiger partial charge in [0.05, 0.1) is 6.54 Å². The topological polar surface area (TPSA) is 41.1 Å². The van der Waals surface area contributed by atoms with Gasteiger partial charge in [0, 0.05) is 20.7 Å². The smallest absolute Gasteiger partial charge is 0.239 e. The summed E-state index contributed by atoms with van der Waals surface area (Å²) in [5.74, 6) is 0.0710. The highest BCUT2D eigenvalue weighted by molar-refractivity contribution is 9.11. The molecule has 2 rings (SSSR count). The Morgan fingerprint density at radius 1 is 1.21 bits per heavy atom. The molecule has 0 aliphatic heterocycles. The first kappa shape index (κ1) is 14.9. The Hall–Kier alpha value is -0.550. The maximum absolute atomic E-state index is 11.9. The summed E-state index contributed by atoms with van der Waals surface area (Å²) < 4.78 is 1.96. The van der Waals surface area contributed by atoms with Crippen LogP contribution < -0.4 is 10.6 Å². The van der Waals surface area contributed by atoms with Gasteiger partial charge in [0.15, 0.2) is 0 Å². The fraction of sp³-hybridized carbons (Fsp3) is 0.500. The quantitative estimate of drug-likeness (QED) is 0.814. The predicted molar refractivity (Wildman–Crippen MR) is 85.3 cm³/mol. The summed E-state index contributed by atoms with van der Waals surface area (Å²) in [7, 11) is 0. The Morgan fingerprint density at radius 3 is 2.63 bits per heavy atom. The molecule has 1 saturated carbocycles. The van der Waals surface area contributed by atoms with Gasteiger partial charge in [0.1, 0.15) is 0 Å². The third-order valence-corrected chi connectivity index (χ3v) is 4.49. The molecule has 0 radical (unpaired) electrons. The Morgan fingerprint density at radius 2 is 1.95 bits per heavy atom. The number of benzene rings is 1. The van der Waals surface area contributed by atoms with E-state index in [0.29, 0.717) is 12.6 Å². The number of hydrogen-bond acceptors (Lipinski definition) is 2. The zero-order valence-electron chi connectivity index (χ0n) is 10.7. The Bertz CT molecular complexity index is 445. The van der Waals surface area contributed by atoms with Gasteiger partial charge in [-0.3, -0.25) is 4.79 Å².